The van der Waals surface area contributed by atoms with E-state index < -0.39 is 51.8 Å². The van der Waals surface area contributed by atoms with Crippen molar-refractivity contribution in [2.24, 2.45) is 0 Å². The zero-order chi connectivity index (χ0) is 41.9. The summed E-state index contributed by atoms with van der Waals surface area (Å²) < 4.78 is 32.7. The number of phosphoric ester groups is 1. The fraction of sp³-hybridized carbons (Fsp3) is 0.739. The Labute approximate surface area is 346 Å². The minimum atomic E-state index is -4.63. The summed E-state index contributed by atoms with van der Waals surface area (Å²) in [5, 5.41) is 18.3. The van der Waals surface area contributed by atoms with Gasteiger partial charge in [-0.2, -0.15) is 0 Å². The first-order valence-electron chi connectivity index (χ1n) is 22.2. The SMILES string of the molecule is CC/C=C/C/C=C/C/C=C/C/C=C/C/C=C/CCCCCC(=O)OC[C@H](COP(=O)(O)OC[C@@H](O)CO)OC(=O)CCCCCCCCCCCCCCCCC. The minimum Gasteiger partial charge on any atom is -0.462 e. The van der Waals surface area contributed by atoms with Crippen LogP contribution in [0.2, 0.25) is 0 Å². The monoisotopic (exact) mass is 825 g/mol. The van der Waals surface area contributed by atoms with Gasteiger partial charge >= 0.3 is 19.8 Å². The highest BCUT2D eigenvalue weighted by Crippen LogP contribution is 2.43. The van der Waals surface area contributed by atoms with E-state index in [1.54, 1.807) is 0 Å². The molecule has 0 aliphatic rings. The second-order valence-electron chi connectivity index (χ2n) is 14.7. The van der Waals surface area contributed by atoms with Crippen molar-refractivity contribution in [3.63, 3.8) is 0 Å². The molecule has 330 valence electrons. The smallest absolute Gasteiger partial charge is 0.462 e. The van der Waals surface area contributed by atoms with Gasteiger partial charge in [-0.15, -0.1) is 0 Å². The van der Waals surface area contributed by atoms with E-state index in [0.717, 1.165) is 70.6 Å². The summed E-state index contributed by atoms with van der Waals surface area (Å²) >= 11 is 0. The molecule has 3 atom stereocenters. The van der Waals surface area contributed by atoms with Gasteiger partial charge in [0.2, 0.25) is 0 Å². The van der Waals surface area contributed by atoms with Crippen molar-refractivity contribution in [3.8, 4) is 0 Å². The lowest BCUT2D eigenvalue weighted by molar-refractivity contribution is -0.161. The van der Waals surface area contributed by atoms with Gasteiger partial charge in [-0.1, -0.05) is 171 Å². The molecule has 11 heteroatoms. The summed E-state index contributed by atoms with van der Waals surface area (Å²) in [6, 6.07) is 0. The molecule has 1 unspecified atom stereocenters. The molecule has 0 amide bonds. The average molecular weight is 825 g/mol. The van der Waals surface area contributed by atoms with Crippen LogP contribution in [0.4, 0.5) is 0 Å². The molecule has 0 bridgehead atoms. The maximum atomic E-state index is 12.6. The Balaban J connectivity index is 4.34. The van der Waals surface area contributed by atoms with E-state index >= 15 is 0 Å². The van der Waals surface area contributed by atoms with Crippen LogP contribution in [0.5, 0.6) is 0 Å². The third-order valence-electron chi connectivity index (χ3n) is 9.19. The molecule has 3 N–H and O–H groups in total. The number of allylic oxidation sites excluding steroid dienone is 10. The quantitative estimate of drug-likeness (QED) is 0.0235. The van der Waals surface area contributed by atoms with Gasteiger partial charge in [-0.05, 0) is 57.8 Å². The van der Waals surface area contributed by atoms with Gasteiger partial charge in [0.1, 0.15) is 12.7 Å². The first-order valence-corrected chi connectivity index (χ1v) is 23.7. The van der Waals surface area contributed by atoms with Gasteiger partial charge in [0.05, 0.1) is 19.8 Å². The van der Waals surface area contributed by atoms with Crippen LogP contribution in [0.3, 0.4) is 0 Å². The van der Waals surface area contributed by atoms with Crippen LogP contribution in [-0.2, 0) is 32.7 Å². The molecule has 0 aromatic carbocycles. The van der Waals surface area contributed by atoms with E-state index in [0.29, 0.717) is 12.8 Å². The number of aliphatic hydroxyl groups excluding tert-OH is 2. The summed E-state index contributed by atoms with van der Waals surface area (Å²) in [5.74, 6) is -0.961. The van der Waals surface area contributed by atoms with Crippen LogP contribution < -0.4 is 0 Å². The van der Waals surface area contributed by atoms with Crippen molar-refractivity contribution in [3.05, 3.63) is 60.8 Å². The number of phosphoric acid groups is 1. The molecule has 0 fully saturated rings. The highest BCUT2D eigenvalue weighted by atomic mass is 31.2. The first kappa shape index (κ1) is 54.7. The number of unbranched alkanes of at least 4 members (excludes halogenated alkanes) is 17. The normalized spacial score (nSPS) is 14.4. The van der Waals surface area contributed by atoms with Gasteiger partial charge in [-0.3, -0.25) is 18.6 Å². The Bertz CT molecular complexity index is 1130. The fourth-order valence-corrected chi connectivity index (χ4v) is 6.57. The molecule has 0 saturated carbocycles. The Kier molecular flexibility index (Phi) is 40.1. The number of hydrogen-bond acceptors (Lipinski definition) is 9. The third kappa shape index (κ3) is 41.6. The predicted molar refractivity (Wildman–Crippen MR) is 233 cm³/mol. The van der Waals surface area contributed by atoms with Crippen LogP contribution in [0.1, 0.15) is 181 Å². The van der Waals surface area contributed by atoms with Gasteiger partial charge in [0.25, 0.3) is 0 Å². The first-order chi connectivity index (χ1) is 27.7. The summed E-state index contributed by atoms with van der Waals surface area (Å²) in [5.41, 5.74) is 0. The lowest BCUT2D eigenvalue weighted by Crippen LogP contribution is -2.29. The number of carbonyl (C=O) groups is 2. The summed E-state index contributed by atoms with van der Waals surface area (Å²) in [4.78, 5) is 35.0. The molecule has 0 saturated heterocycles. The number of carbonyl (C=O) groups excluding carboxylic acids is 2. The molecule has 0 radical (unpaired) electrons. The Morgan fingerprint density at radius 1 is 0.544 bits per heavy atom. The van der Waals surface area contributed by atoms with Crippen molar-refractivity contribution in [2.45, 2.75) is 193 Å². The molecule has 57 heavy (non-hydrogen) atoms. The highest BCUT2D eigenvalue weighted by Gasteiger charge is 2.27. The molecular formula is C46H81O10P. The summed E-state index contributed by atoms with van der Waals surface area (Å²) in [7, 11) is -4.63. The van der Waals surface area contributed by atoms with Crippen molar-refractivity contribution < 1.29 is 47.8 Å². The van der Waals surface area contributed by atoms with Crippen LogP contribution >= 0.6 is 7.82 Å². The molecule has 0 aliphatic heterocycles. The Morgan fingerprint density at radius 2 is 0.965 bits per heavy atom. The zero-order valence-corrected chi connectivity index (χ0v) is 36.7. The van der Waals surface area contributed by atoms with E-state index in [4.69, 9.17) is 19.1 Å². The lowest BCUT2D eigenvalue weighted by Gasteiger charge is -2.20. The van der Waals surface area contributed by atoms with Crippen molar-refractivity contribution in [1.82, 2.24) is 0 Å². The second-order valence-corrected chi connectivity index (χ2v) is 16.2. The van der Waals surface area contributed by atoms with E-state index in [1.165, 1.54) is 70.6 Å². The van der Waals surface area contributed by atoms with Crippen LogP contribution in [-0.4, -0.2) is 65.7 Å². The van der Waals surface area contributed by atoms with E-state index in [-0.39, 0.29) is 19.4 Å². The topological polar surface area (TPSA) is 149 Å². The maximum absolute atomic E-state index is 12.6. The maximum Gasteiger partial charge on any atom is 0.472 e. The minimum absolute atomic E-state index is 0.177. The van der Waals surface area contributed by atoms with Crippen LogP contribution in [0.25, 0.3) is 0 Å². The van der Waals surface area contributed by atoms with Gasteiger partial charge in [-0.25, -0.2) is 4.57 Å². The molecule has 0 aromatic rings. The molecule has 10 nitrogen and oxygen atoms in total. The molecule has 0 aromatic heterocycles. The van der Waals surface area contributed by atoms with Crippen molar-refractivity contribution >= 4 is 19.8 Å². The summed E-state index contributed by atoms with van der Waals surface area (Å²) in [6.45, 7) is 2.23. The van der Waals surface area contributed by atoms with E-state index in [2.05, 4.69) is 79.1 Å². The Hall–Kier alpha value is -2.33. The van der Waals surface area contributed by atoms with E-state index in [1.807, 2.05) is 0 Å². The van der Waals surface area contributed by atoms with Gasteiger partial charge in [0, 0.05) is 12.8 Å². The molecule has 0 heterocycles. The molecular weight excluding hydrogens is 743 g/mol. The van der Waals surface area contributed by atoms with Crippen LogP contribution in [0, 0.1) is 0 Å². The third-order valence-corrected chi connectivity index (χ3v) is 10.1. The fourth-order valence-electron chi connectivity index (χ4n) is 5.78. The second kappa shape index (κ2) is 41.8. The van der Waals surface area contributed by atoms with Gasteiger partial charge < -0.3 is 24.6 Å². The van der Waals surface area contributed by atoms with E-state index in [9.17, 15) is 24.2 Å². The highest BCUT2D eigenvalue weighted by molar-refractivity contribution is 7.47. The number of rotatable bonds is 41. The number of esters is 2. The van der Waals surface area contributed by atoms with Gasteiger partial charge in [0.15, 0.2) is 6.10 Å². The number of ether oxygens (including phenoxy) is 2. The molecule has 0 aliphatic carbocycles. The predicted octanol–water partition coefficient (Wildman–Crippen LogP) is 11.9. The standard InChI is InChI=1S/C46H81O10P/c1-3-5-7-9-11-13-15-17-19-20-21-22-24-25-27-29-31-33-35-37-45(49)53-41-44(42-55-57(51,52)54-40-43(48)39-47)56-46(50)38-36-34-32-30-28-26-23-18-16-14-12-10-8-6-4-2/h5,7,11,13,17,19,21-22,25,27,43-44,47-48H,3-4,6,8-10,12,14-16,18,20,23-24,26,28-42H2,1-2H3,(H,51,52)/b7-5+,13-11+,19-17+,22-21+,27-25+/t43-,44+/m0/s1. The van der Waals surface area contributed by atoms with Crippen molar-refractivity contribution in [2.75, 3.05) is 26.4 Å². The molecule has 0 rings (SSSR count). The average Bonchev–Trinajstić information content (AvgIpc) is 3.20. The lowest BCUT2D eigenvalue weighted by atomic mass is 10.0. The van der Waals surface area contributed by atoms with Crippen LogP contribution in [0.15, 0.2) is 60.8 Å². The number of aliphatic hydroxyl groups is 2. The Morgan fingerprint density at radius 3 is 1.46 bits per heavy atom. The number of hydrogen-bond donors (Lipinski definition) is 3. The zero-order valence-electron chi connectivity index (χ0n) is 35.8. The molecule has 0 spiro atoms. The van der Waals surface area contributed by atoms with Crippen molar-refractivity contribution in [1.29, 1.82) is 0 Å². The largest absolute Gasteiger partial charge is 0.472 e. The summed E-state index contributed by atoms with van der Waals surface area (Å²) in [6.07, 6.45) is 46.1.